The van der Waals surface area contributed by atoms with Crippen LogP contribution in [0.2, 0.25) is 0 Å². The zero-order valence-electron chi connectivity index (χ0n) is 16.8. The third-order valence-electron chi connectivity index (χ3n) is 3.75. The summed E-state index contributed by atoms with van der Waals surface area (Å²) >= 11 is 0. The van der Waals surface area contributed by atoms with Gasteiger partial charge in [0.1, 0.15) is 5.75 Å². The van der Waals surface area contributed by atoms with E-state index in [1.54, 1.807) is 6.07 Å². The normalized spacial score (nSPS) is 11.7. The van der Waals surface area contributed by atoms with Crippen molar-refractivity contribution >= 4 is 35.6 Å². The summed E-state index contributed by atoms with van der Waals surface area (Å²) < 4.78 is 47.0. The molecule has 0 aliphatic heterocycles. The molecule has 0 amide bonds. The smallest absolute Gasteiger partial charge is 0.494 e. The summed E-state index contributed by atoms with van der Waals surface area (Å²) in [6.07, 6.45) is -3.86. The van der Waals surface area contributed by atoms with Crippen LogP contribution in [0.15, 0.2) is 53.5 Å². The highest BCUT2D eigenvalue weighted by Crippen LogP contribution is 2.29. The summed E-state index contributed by atoms with van der Waals surface area (Å²) in [6, 6.07) is 13.0. The Morgan fingerprint density at radius 1 is 1.10 bits per heavy atom. The lowest BCUT2D eigenvalue weighted by Crippen LogP contribution is -2.24. The summed E-state index contributed by atoms with van der Waals surface area (Å²) in [5.41, 5.74) is 6.76. The molecule has 0 spiro atoms. The number of aliphatic imine (C=N–C) groups is 1. The molecule has 0 heterocycles. The first kappa shape index (κ1) is 25.8. The summed E-state index contributed by atoms with van der Waals surface area (Å²) in [6.45, 7) is 1.85. The zero-order valence-corrected chi connectivity index (χ0v) is 19.1. The molecule has 0 unspecified atom stereocenters. The number of ether oxygens (including phenoxy) is 2. The van der Waals surface area contributed by atoms with Crippen LogP contribution in [0.5, 0.6) is 11.5 Å². The molecule has 2 aromatic carbocycles. The lowest BCUT2D eigenvalue weighted by molar-refractivity contribution is -0.274. The predicted molar refractivity (Wildman–Crippen MR) is 123 cm³/mol. The molecule has 10 heteroatoms. The second-order valence-electron chi connectivity index (χ2n) is 6.52. The number of nitrogens with zero attached hydrogens (tertiary/aromatic N) is 2. The predicted octanol–water partition coefficient (Wildman–Crippen LogP) is 4.46. The molecule has 0 bridgehead atoms. The molecule has 0 saturated carbocycles. The number of para-hydroxylation sites is 2. The average Bonchev–Trinajstić information content (AvgIpc) is 2.65. The highest BCUT2D eigenvalue weighted by molar-refractivity contribution is 14.0. The van der Waals surface area contributed by atoms with Gasteiger partial charge in [0.05, 0.1) is 18.8 Å². The van der Waals surface area contributed by atoms with E-state index in [4.69, 9.17) is 10.5 Å². The van der Waals surface area contributed by atoms with Gasteiger partial charge in [0, 0.05) is 6.54 Å². The number of hydrogen-bond donors (Lipinski definition) is 2. The van der Waals surface area contributed by atoms with Crippen LogP contribution in [0.25, 0.3) is 0 Å². The first-order valence-corrected chi connectivity index (χ1v) is 9.01. The van der Waals surface area contributed by atoms with E-state index >= 15 is 0 Å². The molecule has 6 nitrogen and oxygen atoms in total. The van der Waals surface area contributed by atoms with Gasteiger partial charge in [-0.15, -0.1) is 37.1 Å². The van der Waals surface area contributed by atoms with Crippen LogP contribution >= 0.6 is 24.0 Å². The van der Waals surface area contributed by atoms with Crippen molar-refractivity contribution in [2.75, 3.05) is 32.6 Å². The van der Waals surface area contributed by atoms with Crippen molar-refractivity contribution < 1.29 is 22.6 Å². The van der Waals surface area contributed by atoms with Gasteiger partial charge in [-0.05, 0) is 50.3 Å². The van der Waals surface area contributed by atoms with Crippen molar-refractivity contribution in [1.29, 1.82) is 0 Å². The first-order valence-electron chi connectivity index (χ1n) is 9.01. The molecule has 30 heavy (non-hydrogen) atoms. The molecule has 0 radical (unpaired) electrons. The Morgan fingerprint density at radius 3 is 2.40 bits per heavy atom. The fraction of sp³-hybridized carbons (Fsp3) is 0.350. The van der Waals surface area contributed by atoms with Crippen LogP contribution in [0, 0.1) is 0 Å². The lowest BCUT2D eigenvalue weighted by atomic mass is 10.2. The van der Waals surface area contributed by atoms with Crippen LogP contribution in [-0.2, 0) is 6.54 Å². The van der Waals surface area contributed by atoms with Gasteiger partial charge in [-0.25, -0.2) is 4.99 Å². The topological polar surface area (TPSA) is 72.1 Å². The van der Waals surface area contributed by atoms with Crippen molar-refractivity contribution in [2.24, 2.45) is 10.7 Å². The van der Waals surface area contributed by atoms with Crippen molar-refractivity contribution in [3.05, 3.63) is 54.1 Å². The van der Waals surface area contributed by atoms with Gasteiger partial charge < -0.3 is 25.4 Å². The van der Waals surface area contributed by atoms with Crippen LogP contribution < -0.4 is 20.5 Å². The standard InChI is InChI=1S/C20H25F3N4O2.HI/c1-27(2)12-5-13-28-16-10-8-15(9-11-16)14-25-19(24)26-17-6-3-4-7-18(17)29-20(21,22)23;/h3-4,6-11H,5,12-14H2,1-2H3,(H3,24,25,26);1H. The minimum absolute atomic E-state index is 0. The second-order valence-corrected chi connectivity index (χ2v) is 6.52. The molecular formula is C20H26F3IN4O2. The average molecular weight is 538 g/mol. The molecule has 2 aromatic rings. The summed E-state index contributed by atoms with van der Waals surface area (Å²) in [7, 11) is 4.02. The number of rotatable bonds is 9. The maximum atomic E-state index is 12.5. The van der Waals surface area contributed by atoms with Crippen molar-refractivity contribution in [2.45, 2.75) is 19.3 Å². The van der Waals surface area contributed by atoms with E-state index in [-0.39, 0.29) is 47.9 Å². The van der Waals surface area contributed by atoms with Crippen LogP contribution in [0.3, 0.4) is 0 Å². The van der Waals surface area contributed by atoms with Gasteiger partial charge in [0.15, 0.2) is 11.7 Å². The van der Waals surface area contributed by atoms with E-state index in [0.717, 1.165) is 24.3 Å². The maximum Gasteiger partial charge on any atom is 0.573 e. The van der Waals surface area contributed by atoms with Gasteiger partial charge in [-0.2, -0.15) is 0 Å². The van der Waals surface area contributed by atoms with E-state index in [2.05, 4.69) is 19.9 Å². The molecule has 2 rings (SSSR count). The molecule has 0 atom stereocenters. The van der Waals surface area contributed by atoms with Gasteiger partial charge in [0.25, 0.3) is 0 Å². The summed E-state index contributed by atoms with van der Waals surface area (Å²) in [5, 5.41) is 2.63. The fourth-order valence-corrected chi connectivity index (χ4v) is 2.40. The van der Waals surface area contributed by atoms with Crippen LogP contribution in [0.1, 0.15) is 12.0 Å². The van der Waals surface area contributed by atoms with Crippen molar-refractivity contribution in [1.82, 2.24) is 4.90 Å². The summed E-state index contributed by atoms with van der Waals surface area (Å²) in [4.78, 5) is 6.25. The number of nitrogens with one attached hydrogen (secondary N) is 1. The highest BCUT2D eigenvalue weighted by Gasteiger charge is 2.32. The molecule has 166 valence electrons. The molecule has 0 aliphatic rings. The summed E-state index contributed by atoms with van der Waals surface area (Å²) in [5.74, 6) is 0.363. The third kappa shape index (κ3) is 10.0. The molecule has 0 aliphatic carbocycles. The molecule has 3 N–H and O–H groups in total. The number of alkyl halides is 3. The molecule has 0 saturated heterocycles. The Kier molecular flexibility index (Phi) is 10.7. The van der Waals surface area contributed by atoms with Gasteiger partial charge in [-0.1, -0.05) is 24.3 Å². The second kappa shape index (κ2) is 12.5. The molecular weight excluding hydrogens is 512 g/mol. The van der Waals surface area contributed by atoms with Gasteiger partial charge in [0.2, 0.25) is 0 Å². The number of anilines is 1. The SMILES string of the molecule is CN(C)CCCOc1ccc(CN=C(N)Nc2ccccc2OC(F)(F)F)cc1.I. The van der Waals surface area contributed by atoms with Gasteiger partial charge >= 0.3 is 6.36 Å². The monoisotopic (exact) mass is 538 g/mol. The number of nitrogens with two attached hydrogens (primary N) is 1. The van der Waals surface area contributed by atoms with Crippen LogP contribution in [-0.4, -0.2) is 44.5 Å². The zero-order chi connectivity index (χ0) is 21.3. The Hall–Kier alpha value is -2.21. The minimum atomic E-state index is -4.79. The number of guanidine groups is 1. The van der Waals surface area contributed by atoms with Gasteiger partial charge in [-0.3, -0.25) is 0 Å². The van der Waals surface area contributed by atoms with E-state index in [0.29, 0.717) is 6.61 Å². The van der Waals surface area contributed by atoms with Crippen molar-refractivity contribution in [3.63, 3.8) is 0 Å². The van der Waals surface area contributed by atoms with E-state index < -0.39 is 6.36 Å². The number of benzene rings is 2. The Morgan fingerprint density at radius 2 is 1.77 bits per heavy atom. The quantitative estimate of drug-likeness (QED) is 0.214. The third-order valence-corrected chi connectivity index (χ3v) is 3.75. The maximum absolute atomic E-state index is 12.5. The number of hydrogen-bond acceptors (Lipinski definition) is 4. The fourth-order valence-electron chi connectivity index (χ4n) is 2.40. The number of halogens is 4. The Labute approximate surface area is 191 Å². The van der Waals surface area contributed by atoms with Crippen molar-refractivity contribution in [3.8, 4) is 11.5 Å². The Balaban J connectivity index is 0.00000450. The minimum Gasteiger partial charge on any atom is -0.494 e. The Bertz CT molecular complexity index is 799. The van der Waals surface area contributed by atoms with E-state index in [1.807, 2.05) is 38.4 Å². The first-order chi connectivity index (χ1) is 13.7. The van der Waals surface area contributed by atoms with E-state index in [1.165, 1.54) is 18.2 Å². The highest BCUT2D eigenvalue weighted by atomic mass is 127. The molecule has 0 fully saturated rings. The largest absolute Gasteiger partial charge is 0.573 e. The van der Waals surface area contributed by atoms with E-state index in [9.17, 15) is 13.2 Å². The molecule has 0 aromatic heterocycles. The lowest BCUT2D eigenvalue weighted by Gasteiger charge is -2.14. The van der Waals surface area contributed by atoms with Crippen LogP contribution in [0.4, 0.5) is 18.9 Å².